The number of nitrogens with zero attached hydrogens (tertiary/aromatic N) is 1. The van der Waals surface area contributed by atoms with Crippen LogP contribution in [0.4, 0.5) is 0 Å². The molecule has 1 atom stereocenters. The quantitative estimate of drug-likeness (QED) is 0.784. The Labute approximate surface area is 134 Å². The summed E-state index contributed by atoms with van der Waals surface area (Å²) in [5.74, 6) is 1.53. The number of furan rings is 1. The molecule has 1 N–H and O–H groups in total. The number of carbonyl (C=O) groups is 1. The van der Waals surface area contributed by atoms with Crippen molar-refractivity contribution in [1.82, 2.24) is 10.5 Å². The summed E-state index contributed by atoms with van der Waals surface area (Å²) in [5.41, 5.74) is 2.50. The predicted octanol–water partition coefficient (Wildman–Crippen LogP) is 3.33. The number of aryl methyl sites for hydroxylation is 2. The molecule has 23 heavy (non-hydrogen) atoms. The van der Waals surface area contributed by atoms with Crippen LogP contribution in [-0.4, -0.2) is 17.1 Å². The molecule has 0 aliphatic rings. The van der Waals surface area contributed by atoms with Gasteiger partial charge in [0.05, 0.1) is 12.1 Å². The highest BCUT2D eigenvalue weighted by Gasteiger charge is 2.16. The van der Waals surface area contributed by atoms with Crippen LogP contribution in [0.25, 0.3) is 11.0 Å². The van der Waals surface area contributed by atoms with Crippen molar-refractivity contribution in [2.75, 3.05) is 0 Å². The maximum absolute atomic E-state index is 12.2. The molecule has 120 valence electrons. The summed E-state index contributed by atoms with van der Waals surface area (Å²) < 4.78 is 10.9. The minimum Gasteiger partial charge on any atom is -0.461 e. The molecular weight excluding hydrogens is 292 g/mol. The van der Waals surface area contributed by atoms with E-state index in [0.717, 1.165) is 28.0 Å². The van der Waals surface area contributed by atoms with Crippen molar-refractivity contribution in [3.63, 3.8) is 0 Å². The van der Waals surface area contributed by atoms with Gasteiger partial charge in [-0.05, 0) is 32.9 Å². The lowest BCUT2D eigenvalue weighted by Gasteiger charge is -2.12. The highest BCUT2D eigenvalue weighted by molar-refractivity contribution is 5.79. The minimum atomic E-state index is -0.0389. The number of rotatable bonds is 5. The van der Waals surface area contributed by atoms with Gasteiger partial charge in [-0.1, -0.05) is 23.4 Å². The molecule has 3 rings (SSSR count). The molecule has 2 aromatic heterocycles. The number of benzene rings is 1. The molecule has 0 saturated heterocycles. The number of amides is 1. The maximum Gasteiger partial charge on any atom is 0.224 e. The van der Waals surface area contributed by atoms with E-state index in [9.17, 15) is 4.79 Å². The van der Waals surface area contributed by atoms with Crippen LogP contribution in [0, 0.1) is 13.8 Å². The molecule has 5 nitrogen and oxygen atoms in total. The van der Waals surface area contributed by atoms with E-state index < -0.39 is 0 Å². The van der Waals surface area contributed by atoms with Crippen molar-refractivity contribution in [2.45, 2.75) is 39.7 Å². The summed E-state index contributed by atoms with van der Waals surface area (Å²) >= 11 is 0. The first-order chi connectivity index (χ1) is 11.0. The average molecular weight is 312 g/mol. The molecule has 2 heterocycles. The summed E-state index contributed by atoms with van der Waals surface area (Å²) in [4.78, 5) is 12.2. The number of hydrogen-bond donors (Lipinski definition) is 1. The lowest BCUT2D eigenvalue weighted by molar-refractivity contribution is -0.121. The normalized spacial score (nSPS) is 12.5. The Morgan fingerprint density at radius 2 is 2.09 bits per heavy atom. The van der Waals surface area contributed by atoms with Gasteiger partial charge in [0.1, 0.15) is 17.1 Å². The van der Waals surface area contributed by atoms with Crippen LogP contribution in [0.1, 0.15) is 29.7 Å². The van der Waals surface area contributed by atoms with Crippen LogP contribution in [0.15, 0.2) is 39.3 Å². The highest BCUT2D eigenvalue weighted by atomic mass is 16.5. The first-order valence-corrected chi connectivity index (χ1v) is 7.71. The molecule has 1 aromatic carbocycles. The summed E-state index contributed by atoms with van der Waals surface area (Å²) in [7, 11) is 0. The summed E-state index contributed by atoms with van der Waals surface area (Å²) in [6.45, 7) is 5.63. The second-order valence-corrected chi connectivity index (χ2v) is 5.90. The van der Waals surface area contributed by atoms with Crippen molar-refractivity contribution in [3.05, 3.63) is 53.1 Å². The van der Waals surface area contributed by atoms with Crippen LogP contribution in [-0.2, 0) is 17.6 Å². The van der Waals surface area contributed by atoms with Crippen molar-refractivity contribution in [1.29, 1.82) is 0 Å². The van der Waals surface area contributed by atoms with E-state index in [1.807, 2.05) is 51.1 Å². The molecule has 0 radical (unpaired) electrons. The van der Waals surface area contributed by atoms with E-state index in [1.165, 1.54) is 0 Å². The zero-order valence-electron chi connectivity index (χ0n) is 13.6. The fourth-order valence-electron chi connectivity index (χ4n) is 2.73. The van der Waals surface area contributed by atoms with Gasteiger partial charge in [0.2, 0.25) is 5.91 Å². The maximum atomic E-state index is 12.2. The van der Waals surface area contributed by atoms with Gasteiger partial charge >= 0.3 is 0 Å². The fraction of sp³-hybridized carbons (Fsp3) is 0.333. The number of aromatic nitrogens is 1. The molecule has 0 aliphatic heterocycles. The number of hydrogen-bond acceptors (Lipinski definition) is 4. The molecule has 0 saturated carbocycles. The standard InChI is InChI=1S/C18H20N2O3/c1-11(8-15-9-14-6-4-5-7-17(14)22-15)19-18(21)10-16-12(2)20-23-13(16)3/h4-7,9,11H,8,10H2,1-3H3,(H,19,21)/t11-/m0/s1. The van der Waals surface area contributed by atoms with Gasteiger partial charge in [0, 0.05) is 23.4 Å². The van der Waals surface area contributed by atoms with Gasteiger partial charge in [-0.2, -0.15) is 0 Å². The molecule has 0 aliphatic carbocycles. The Kier molecular flexibility index (Phi) is 4.19. The molecular formula is C18H20N2O3. The van der Waals surface area contributed by atoms with Gasteiger partial charge in [-0.25, -0.2) is 0 Å². The van der Waals surface area contributed by atoms with E-state index in [1.54, 1.807) is 0 Å². The Balaban J connectivity index is 1.60. The van der Waals surface area contributed by atoms with E-state index >= 15 is 0 Å². The van der Waals surface area contributed by atoms with Gasteiger partial charge in [-0.3, -0.25) is 4.79 Å². The second kappa shape index (κ2) is 6.28. The third-order valence-corrected chi connectivity index (χ3v) is 3.91. The molecule has 0 spiro atoms. The Morgan fingerprint density at radius 3 is 2.78 bits per heavy atom. The zero-order valence-corrected chi connectivity index (χ0v) is 13.6. The SMILES string of the molecule is Cc1noc(C)c1CC(=O)N[C@@H](C)Cc1cc2ccccc2o1. The van der Waals surface area contributed by atoms with Crippen molar-refractivity contribution >= 4 is 16.9 Å². The Bertz CT molecular complexity index is 779. The van der Waals surface area contributed by atoms with Crippen LogP contribution >= 0.6 is 0 Å². The molecule has 0 fully saturated rings. The van der Waals surface area contributed by atoms with E-state index in [4.69, 9.17) is 8.94 Å². The number of para-hydroxylation sites is 1. The summed E-state index contributed by atoms with van der Waals surface area (Å²) in [6, 6.07) is 9.90. The number of carbonyl (C=O) groups excluding carboxylic acids is 1. The van der Waals surface area contributed by atoms with Crippen molar-refractivity contribution in [2.24, 2.45) is 0 Å². The third kappa shape index (κ3) is 3.44. The molecule has 0 unspecified atom stereocenters. The van der Waals surface area contributed by atoms with Crippen molar-refractivity contribution < 1.29 is 13.7 Å². The Morgan fingerprint density at radius 1 is 1.30 bits per heavy atom. The molecule has 3 aromatic rings. The Hall–Kier alpha value is -2.56. The largest absolute Gasteiger partial charge is 0.461 e. The molecule has 1 amide bonds. The molecule has 5 heteroatoms. The van der Waals surface area contributed by atoms with Crippen molar-refractivity contribution in [3.8, 4) is 0 Å². The number of nitrogens with one attached hydrogen (secondary N) is 1. The highest BCUT2D eigenvalue weighted by Crippen LogP contribution is 2.20. The van der Waals surface area contributed by atoms with Gasteiger partial charge in [0.25, 0.3) is 0 Å². The van der Waals surface area contributed by atoms with E-state index in [2.05, 4.69) is 10.5 Å². The number of fused-ring (bicyclic) bond motifs is 1. The summed E-state index contributed by atoms with van der Waals surface area (Å²) in [5, 5.41) is 7.95. The zero-order chi connectivity index (χ0) is 16.4. The smallest absolute Gasteiger partial charge is 0.224 e. The van der Waals surface area contributed by atoms with Gasteiger partial charge < -0.3 is 14.3 Å². The monoisotopic (exact) mass is 312 g/mol. The van der Waals surface area contributed by atoms with E-state index in [0.29, 0.717) is 12.2 Å². The third-order valence-electron chi connectivity index (χ3n) is 3.91. The molecule has 0 bridgehead atoms. The van der Waals surface area contributed by atoms with Crippen LogP contribution < -0.4 is 5.32 Å². The predicted molar refractivity (Wildman–Crippen MR) is 87.2 cm³/mol. The minimum absolute atomic E-state index is 0.0106. The first kappa shape index (κ1) is 15.3. The summed E-state index contributed by atoms with van der Waals surface area (Å²) in [6.07, 6.45) is 0.938. The van der Waals surface area contributed by atoms with Crippen LogP contribution in [0.5, 0.6) is 0 Å². The lowest BCUT2D eigenvalue weighted by atomic mass is 10.1. The lowest BCUT2D eigenvalue weighted by Crippen LogP contribution is -2.35. The fourth-order valence-corrected chi connectivity index (χ4v) is 2.73. The van der Waals surface area contributed by atoms with Crippen LogP contribution in [0.2, 0.25) is 0 Å². The second-order valence-electron chi connectivity index (χ2n) is 5.90. The topological polar surface area (TPSA) is 68.3 Å². The first-order valence-electron chi connectivity index (χ1n) is 7.71. The van der Waals surface area contributed by atoms with Gasteiger partial charge in [0.15, 0.2) is 0 Å². The van der Waals surface area contributed by atoms with Crippen LogP contribution in [0.3, 0.4) is 0 Å². The van der Waals surface area contributed by atoms with Gasteiger partial charge in [-0.15, -0.1) is 0 Å². The van der Waals surface area contributed by atoms with E-state index in [-0.39, 0.29) is 18.4 Å². The average Bonchev–Trinajstić information content (AvgIpc) is 3.04.